The summed E-state index contributed by atoms with van der Waals surface area (Å²) in [5, 5.41) is 2.77. The molecule has 1 atom stereocenters. The van der Waals surface area contributed by atoms with E-state index in [0.717, 1.165) is 5.56 Å². The highest BCUT2D eigenvalue weighted by molar-refractivity contribution is 7.89. The Morgan fingerprint density at radius 1 is 0.854 bits per heavy atom. The van der Waals surface area contributed by atoms with Crippen LogP contribution in [0.3, 0.4) is 0 Å². The number of methoxy groups -OCH3 is 2. The van der Waals surface area contributed by atoms with E-state index < -0.39 is 32.0 Å². The summed E-state index contributed by atoms with van der Waals surface area (Å²) in [7, 11) is -4.92. The Bertz CT molecular complexity index is 1540. The standard InChI is InChI=1S/C28H33N3O8S2/c1-37-26-13-12-24(19-27(26)38-2)40(33,34)30-25(18-21-6-4-3-5-7-21)28(32)29-20-22-8-10-23(11-9-22)41(35,36)31-14-16-39-17-15-31/h3-13,19,25,30H,14-18,20H2,1-2H3,(H,29,32). The van der Waals surface area contributed by atoms with Gasteiger partial charge in [-0.05, 0) is 41.8 Å². The van der Waals surface area contributed by atoms with Crippen molar-refractivity contribution in [2.75, 3.05) is 40.5 Å². The van der Waals surface area contributed by atoms with E-state index in [0.29, 0.717) is 37.6 Å². The largest absolute Gasteiger partial charge is 0.493 e. The number of amides is 1. The average Bonchev–Trinajstić information content (AvgIpc) is 3.00. The van der Waals surface area contributed by atoms with E-state index in [1.165, 1.54) is 48.9 Å². The Balaban J connectivity index is 1.48. The van der Waals surface area contributed by atoms with Crippen LogP contribution in [0.1, 0.15) is 11.1 Å². The summed E-state index contributed by atoms with van der Waals surface area (Å²) in [5.74, 6) is 0.0650. The molecule has 1 heterocycles. The normalized spacial score (nSPS) is 15.2. The third-order valence-electron chi connectivity index (χ3n) is 6.56. The fraction of sp³-hybridized carbons (Fsp3) is 0.321. The number of sulfonamides is 2. The number of carbonyl (C=O) groups excluding carboxylic acids is 1. The molecule has 1 amide bonds. The second-order valence-electron chi connectivity index (χ2n) is 9.26. The zero-order valence-corrected chi connectivity index (χ0v) is 24.4. The topological polar surface area (TPSA) is 140 Å². The molecule has 1 aliphatic rings. The van der Waals surface area contributed by atoms with Crippen molar-refractivity contribution in [2.24, 2.45) is 0 Å². The van der Waals surface area contributed by atoms with Gasteiger partial charge in [0.1, 0.15) is 6.04 Å². The van der Waals surface area contributed by atoms with Crippen molar-refractivity contribution >= 4 is 26.0 Å². The lowest BCUT2D eigenvalue weighted by Gasteiger charge is -2.26. The van der Waals surface area contributed by atoms with Gasteiger partial charge in [-0.3, -0.25) is 4.79 Å². The van der Waals surface area contributed by atoms with E-state index in [9.17, 15) is 21.6 Å². The number of nitrogens with zero attached hydrogens (tertiary/aromatic N) is 1. The number of morpholine rings is 1. The van der Waals surface area contributed by atoms with Crippen LogP contribution in [0.25, 0.3) is 0 Å². The molecule has 0 saturated carbocycles. The van der Waals surface area contributed by atoms with E-state index in [1.807, 2.05) is 6.07 Å². The lowest BCUT2D eigenvalue weighted by atomic mass is 10.1. The molecular formula is C28H33N3O8S2. The number of hydrogen-bond acceptors (Lipinski definition) is 8. The zero-order valence-electron chi connectivity index (χ0n) is 22.8. The first kappa shape index (κ1) is 30.5. The second kappa shape index (κ2) is 13.4. The first-order valence-electron chi connectivity index (χ1n) is 12.9. The number of carbonyl (C=O) groups is 1. The Labute approximate surface area is 240 Å². The molecule has 11 nitrogen and oxygen atoms in total. The van der Waals surface area contributed by atoms with Gasteiger partial charge in [0.2, 0.25) is 26.0 Å². The minimum Gasteiger partial charge on any atom is -0.493 e. The van der Waals surface area contributed by atoms with E-state index in [1.54, 1.807) is 36.4 Å². The number of rotatable bonds is 12. The van der Waals surface area contributed by atoms with E-state index in [2.05, 4.69) is 10.0 Å². The average molecular weight is 604 g/mol. The molecule has 4 rings (SSSR count). The minimum atomic E-state index is -4.12. The number of hydrogen-bond donors (Lipinski definition) is 2. The van der Waals surface area contributed by atoms with Crippen molar-refractivity contribution in [2.45, 2.75) is 28.8 Å². The van der Waals surface area contributed by atoms with Crippen molar-refractivity contribution in [1.29, 1.82) is 0 Å². The zero-order chi connectivity index (χ0) is 29.5. The first-order chi connectivity index (χ1) is 19.6. The second-order valence-corrected chi connectivity index (χ2v) is 12.9. The molecule has 13 heteroatoms. The van der Waals surface area contributed by atoms with Crippen LogP contribution < -0.4 is 19.5 Å². The monoisotopic (exact) mass is 603 g/mol. The Hall–Kier alpha value is -3.49. The van der Waals surface area contributed by atoms with Gasteiger partial charge in [0.15, 0.2) is 11.5 Å². The van der Waals surface area contributed by atoms with Crippen LogP contribution in [0.15, 0.2) is 82.6 Å². The lowest BCUT2D eigenvalue weighted by Crippen LogP contribution is -2.47. The summed E-state index contributed by atoms with van der Waals surface area (Å²) in [6.07, 6.45) is 0.107. The number of ether oxygens (including phenoxy) is 3. The predicted molar refractivity (Wildman–Crippen MR) is 152 cm³/mol. The van der Waals surface area contributed by atoms with Crippen LogP contribution in [-0.4, -0.2) is 73.6 Å². The summed E-state index contributed by atoms with van der Waals surface area (Å²) in [4.78, 5) is 13.4. The van der Waals surface area contributed by atoms with Crippen molar-refractivity contribution in [3.63, 3.8) is 0 Å². The molecule has 1 saturated heterocycles. The molecule has 1 unspecified atom stereocenters. The molecule has 3 aromatic carbocycles. The van der Waals surface area contributed by atoms with Gasteiger partial charge >= 0.3 is 0 Å². The molecule has 2 N–H and O–H groups in total. The molecule has 0 spiro atoms. The van der Waals surface area contributed by atoms with Crippen LogP contribution >= 0.6 is 0 Å². The van der Waals surface area contributed by atoms with Crippen LogP contribution in [0.2, 0.25) is 0 Å². The maximum Gasteiger partial charge on any atom is 0.243 e. The third kappa shape index (κ3) is 7.63. The van der Waals surface area contributed by atoms with Gasteiger partial charge in [0, 0.05) is 25.7 Å². The van der Waals surface area contributed by atoms with Crippen molar-refractivity contribution < 1.29 is 35.8 Å². The fourth-order valence-electron chi connectivity index (χ4n) is 4.30. The van der Waals surface area contributed by atoms with Gasteiger partial charge in [-0.15, -0.1) is 0 Å². The molecule has 3 aromatic rings. The highest BCUT2D eigenvalue weighted by Gasteiger charge is 2.28. The first-order valence-corrected chi connectivity index (χ1v) is 15.8. The van der Waals surface area contributed by atoms with Crippen molar-refractivity contribution in [3.05, 3.63) is 83.9 Å². The van der Waals surface area contributed by atoms with E-state index in [-0.39, 0.29) is 28.5 Å². The van der Waals surface area contributed by atoms with Crippen LogP contribution in [0.4, 0.5) is 0 Å². The highest BCUT2D eigenvalue weighted by Crippen LogP contribution is 2.29. The summed E-state index contributed by atoms with van der Waals surface area (Å²) in [6, 6.07) is 18.3. The minimum absolute atomic E-state index is 0.0695. The number of benzene rings is 3. The molecule has 1 fully saturated rings. The van der Waals surface area contributed by atoms with Crippen molar-refractivity contribution in [1.82, 2.24) is 14.3 Å². The maximum atomic E-state index is 13.3. The summed E-state index contributed by atoms with van der Waals surface area (Å²) < 4.78 is 71.9. The van der Waals surface area contributed by atoms with Crippen LogP contribution in [0, 0.1) is 0 Å². The molecular weight excluding hydrogens is 570 g/mol. The molecule has 0 aromatic heterocycles. The van der Waals surface area contributed by atoms with Crippen molar-refractivity contribution in [3.8, 4) is 11.5 Å². The van der Waals surface area contributed by atoms with Gasteiger partial charge in [-0.2, -0.15) is 9.03 Å². The molecule has 0 bridgehead atoms. The SMILES string of the molecule is COc1ccc(S(=O)(=O)NC(Cc2ccccc2)C(=O)NCc2ccc(S(=O)(=O)N3CCOCC3)cc2)cc1OC. The van der Waals surface area contributed by atoms with E-state index >= 15 is 0 Å². The van der Waals surface area contributed by atoms with Gasteiger partial charge in [0.05, 0.1) is 37.2 Å². The molecule has 1 aliphatic heterocycles. The van der Waals surface area contributed by atoms with Crippen LogP contribution in [0.5, 0.6) is 11.5 Å². The quantitative estimate of drug-likeness (QED) is 0.320. The molecule has 220 valence electrons. The Kier molecular flexibility index (Phi) is 9.99. The van der Waals surface area contributed by atoms with Gasteiger partial charge in [-0.1, -0.05) is 42.5 Å². The fourth-order valence-corrected chi connectivity index (χ4v) is 6.92. The van der Waals surface area contributed by atoms with Gasteiger partial charge in [-0.25, -0.2) is 16.8 Å². The summed E-state index contributed by atoms with van der Waals surface area (Å²) in [5.41, 5.74) is 1.42. The molecule has 0 radical (unpaired) electrons. The maximum absolute atomic E-state index is 13.3. The molecule has 0 aliphatic carbocycles. The third-order valence-corrected chi connectivity index (χ3v) is 9.94. The predicted octanol–water partition coefficient (Wildman–Crippen LogP) is 1.93. The Morgan fingerprint density at radius 3 is 2.12 bits per heavy atom. The smallest absolute Gasteiger partial charge is 0.243 e. The number of nitrogens with one attached hydrogen (secondary N) is 2. The highest BCUT2D eigenvalue weighted by atomic mass is 32.2. The molecule has 41 heavy (non-hydrogen) atoms. The summed E-state index contributed by atoms with van der Waals surface area (Å²) in [6.45, 7) is 1.36. The van der Waals surface area contributed by atoms with Crippen LogP contribution in [-0.2, 0) is 42.5 Å². The summed E-state index contributed by atoms with van der Waals surface area (Å²) >= 11 is 0. The van der Waals surface area contributed by atoms with Gasteiger partial charge < -0.3 is 19.5 Å². The lowest BCUT2D eigenvalue weighted by molar-refractivity contribution is -0.122. The Morgan fingerprint density at radius 2 is 1.49 bits per heavy atom. The van der Waals surface area contributed by atoms with Gasteiger partial charge in [0.25, 0.3) is 0 Å². The van der Waals surface area contributed by atoms with E-state index in [4.69, 9.17) is 14.2 Å².